The summed E-state index contributed by atoms with van der Waals surface area (Å²) >= 11 is 0. The molecule has 0 heterocycles. The maximum atomic E-state index is 12.8. The number of allylic oxidation sites excluding steroid dienone is 18. The third kappa shape index (κ3) is 39.5. The van der Waals surface area contributed by atoms with Gasteiger partial charge in [-0.3, -0.25) is 9.59 Å². The molecule has 8 heteroatoms. The van der Waals surface area contributed by atoms with Crippen molar-refractivity contribution in [2.24, 2.45) is 0 Å². The lowest BCUT2D eigenvalue weighted by molar-refractivity contribution is -0.887. The Morgan fingerprint density at radius 1 is 0.533 bits per heavy atom. The lowest BCUT2D eigenvalue weighted by atomic mass is 10.1. The predicted molar refractivity (Wildman–Crippen MR) is 252 cm³/mol. The normalized spacial score (nSPS) is 13.9. The number of aliphatic carboxylic acids is 1. The lowest BCUT2D eigenvalue weighted by Gasteiger charge is -2.31. The number of carboxylic acids is 1. The van der Waals surface area contributed by atoms with Crippen LogP contribution in [0.3, 0.4) is 0 Å². The molecule has 0 fully saturated rings. The maximum absolute atomic E-state index is 12.8. The molecule has 60 heavy (non-hydrogen) atoms. The van der Waals surface area contributed by atoms with Crippen molar-refractivity contribution in [3.63, 3.8) is 0 Å². The summed E-state index contributed by atoms with van der Waals surface area (Å²) < 4.78 is 17.2. The van der Waals surface area contributed by atoms with Gasteiger partial charge < -0.3 is 23.8 Å². The Bertz CT molecular complexity index is 1340. The molecule has 0 aromatic carbocycles. The fourth-order valence-electron chi connectivity index (χ4n) is 6.04. The number of carboxylic acid groups (broad SMARTS) is 1. The molecule has 0 aliphatic rings. The topological polar surface area (TPSA) is 99.1 Å². The Morgan fingerprint density at radius 2 is 1.00 bits per heavy atom. The second kappa shape index (κ2) is 41.7. The fraction of sp³-hybridized carbons (Fsp3) is 0.596. The van der Waals surface area contributed by atoms with Crippen LogP contribution in [0, 0.1) is 0 Å². The number of rotatable bonds is 39. The van der Waals surface area contributed by atoms with Gasteiger partial charge in [-0.05, 0) is 64.2 Å². The van der Waals surface area contributed by atoms with Crippen LogP contribution in [-0.2, 0) is 28.6 Å². The summed E-state index contributed by atoms with van der Waals surface area (Å²) in [6.45, 7) is 4.49. The Hall–Kier alpha value is -4.01. The van der Waals surface area contributed by atoms with Crippen LogP contribution in [0.5, 0.6) is 0 Å². The summed E-state index contributed by atoms with van der Waals surface area (Å²) in [5.41, 5.74) is 0. The van der Waals surface area contributed by atoms with Crippen molar-refractivity contribution < 1.29 is 38.2 Å². The van der Waals surface area contributed by atoms with Crippen LogP contribution >= 0.6 is 0 Å². The molecule has 0 bridgehead atoms. The smallest absolute Gasteiger partial charge is 0.362 e. The van der Waals surface area contributed by atoms with Crippen molar-refractivity contribution in [1.29, 1.82) is 0 Å². The van der Waals surface area contributed by atoms with Gasteiger partial charge in [-0.15, -0.1) is 0 Å². The average molecular weight is 835 g/mol. The highest BCUT2D eigenvalue weighted by Gasteiger charge is 2.31. The zero-order valence-electron chi connectivity index (χ0n) is 38.4. The van der Waals surface area contributed by atoms with Gasteiger partial charge in [-0.2, -0.15) is 0 Å². The monoisotopic (exact) mass is 835 g/mol. The SMILES string of the molecule is CC/C=C/C=C/C=C/C=C/C=C/C=C/C=C/CCCCCC(=O)OCC(COCCC(C(=O)O)[N+](C)(C)C)OC(=O)CCCCCCCCC/C=C/C/C=C/CCCCC. The Kier molecular flexibility index (Phi) is 38.9. The Morgan fingerprint density at radius 3 is 1.53 bits per heavy atom. The highest BCUT2D eigenvalue weighted by Crippen LogP contribution is 2.13. The van der Waals surface area contributed by atoms with Gasteiger partial charge in [0.1, 0.15) is 6.61 Å². The first kappa shape index (κ1) is 56.0. The first-order chi connectivity index (χ1) is 29.1. The molecule has 0 aromatic heterocycles. The van der Waals surface area contributed by atoms with Crippen LogP contribution in [0.25, 0.3) is 0 Å². The van der Waals surface area contributed by atoms with E-state index in [0.717, 1.165) is 64.2 Å². The van der Waals surface area contributed by atoms with Gasteiger partial charge in [0.05, 0.1) is 34.4 Å². The third-order valence-electron chi connectivity index (χ3n) is 9.60. The van der Waals surface area contributed by atoms with E-state index in [0.29, 0.717) is 25.7 Å². The summed E-state index contributed by atoms with van der Waals surface area (Å²) in [6.07, 6.45) is 56.9. The van der Waals surface area contributed by atoms with E-state index in [2.05, 4.69) is 50.3 Å². The summed E-state index contributed by atoms with van der Waals surface area (Å²) in [5.74, 6) is -1.55. The standard InChI is InChI=1S/C52H83NO7/c1-6-8-10-12-14-16-18-20-22-24-25-27-28-30-32-34-36-38-40-42-50(54)59-47-48(46-58-45-44-49(52(56)57)53(3,4)5)60-51(55)43-41-39-37-35-33-31-29-26-23-21-19-17-15-13-11-9-7-2/h8,10,12,14-18,20-25,27-28,30,32,48-49H,6-7,9,11,13,19,26,29,31,33-47H2,1-5H3/p+1/b10-8+,14-12+,17-15+,18-16+,22-20+,23-21+,25-24+,28-27+,32-30+. The molecular formula is C52H84NO7+. The van der Waals surface area contributed by atoms with Crippen LogP contribution in [0.1, 0.15) is 149 Å². The van der Waals surface area contributed by atoms with Crippen LogP contribution in [-0.4, -0.2) is 80.6 Å². The zero-order valence-corrected chi connectivity index (χ0v) is 38.4. The molecule has 0 spiro atoms. The molecule has 0 aliphatic carbocycles. The van der Waals surface area contributed by atoms with Crippen molar-refractivity contribution >= 4 is 17.9 Å². The number of nitrogens with zero attached hydrogens (tertiary/aromatic N) is 1. The minimum absolute atomic E-state index is 0.0350. The van der Waals surface area contributed by atoms with E-state index in [4.69, 9.17) is 14.2 Å². The zero-order chi connectivity index (χ0) is 44.2. The van der Waals surface area contributed by atoms with Gasteiger partial charge >= 0.3 is 17.9 Å². The number of carbonyl (C=O) groups is 3. The van der Waals surface area contributed by atoms with Crippen molar-refractivity contribution in [3.05, 3.63) is 109 Å². The van der Waals surface area contributed by atoms with Gasteiger partial charge in [0.2, 0.25) is 0 Å². The molecule has 338 valence electrons. The first-order valence-corrected chi connectivity index (χ1v) is 23.0. The van der Waals surface area contributed by atoms with Crippen molar-refractivity contribution in [2.45, 2.75) is 161 Å². The van der Waals surface area contributed by atoms with E-state index in [1.54, 1.807) is 0 Å². The molecule has 0 aromatic rings. The number of unbranched alkanes of at least 4 members (excludes halogenated alkanes) is 13. The molecule has 2 unspecified atom stereocenters. The average Bonchev–Trinajstić information content (AvgIpc) is 3.21. The molecular weight excluding hydrogens is 751 g/mol. The van der Waals surface area contributed by atoms with E-state index in [-0.39, 0.29) is 36.2 Å². The molecule has 0 saturated heterocycles. The van der Waals surface area contributed by atoms with E-state index in [1.165, 1.54) is 44.9 Å². The summed E-state index contributed by atoms with van der Waals surface area (Å²) in [7, 11) is 5.50. The largest absolute Gasteiger partial charge is 0.477 e. The summed E-state index contributed by atoms with van der Waals surface area (Å²) in [5, 5.41) is 9.63. The minimum Gasteiger partial charge on any atom is -0.477 e. The number of esters is 2. The molecule has 2 atom stereocenters. The number of quaternary nitrogens is 1. The van der Waals surface area contributed by atoms with E-state index in [9.17, 15) is 19.5 Å². The summed E-state index contributed by atoms with van der Waals surface area (Å²) in [4.78, 5) is 37.0. The Balaban J connectivity index is 4.47. The number of carbonyl (C=O) groups excluding carboxylic acids is 2. The van der Waals surface area contributed by atoms with Crippen LogP contribution in [0.2, 0.25) is 0 Å². The molecule has 0 radical (unpaired) electrons. The van der Waals surface area contributed by atoms with Crippen molar-refractivity contribution in [1.82, 2.24) is 0 Å². The van der Waals surface area contributed by atoms with Crippen molar-refractivity contribution in [3.8, 4) is 0 Å². The molecule has 8 nitrogen and oxygen atoms in total. The maximum Gasteiger partial charge on any atom is 0.362 e. The predicted octanol–water partition coefficient (Wildman–Crippen LogP) is 12.9. The fourth-order valence-corrected chi connectivity index (χ4v) is 6.04. The van der Waals surface area contributed by atoms with Crippen molar-refractivity contribution in [2.75, 3.05) is 41.0 Å². The third-order valence-corrected chi connectivity index (χ3v) is 9.60. The van der Waals surface area contributed by atoms with E-state index >= 15 is 0 Å². The van der Waals surface area contributed by atoms with Gasteiger partial charge in [-0.1, -0.05) is 175 Å². The summed E-state index contributed by atoms with van der Waals surface area (Å²) in [6, 6.07) is -0.631. The van der Waals surface area contributed by atoms with Gasteiger partial charge in [0.15, 0.2) is 12.1 Å². The molecule has 0 aliphatic heterocycles. The quantitative estimate of drug-likeness (QED) is 0.0216. The Labute approximate surface area is 366 Å². The molecule has 0 amide bonds. The number of likely N-dealkylation sites (N-methyl/N-ethyl adjacent to an activating group) is 1. The van der Waals surface area contributed by atoms with Crippen LogP contribution in [0.15, 0.2) is 109 Å². The first-order valence-electron chi connectivity index (χ1n) is 23.0. The molecule has 0 saturated carbocycles. The number of hydrogen-bond acceptors (Lipinski definition) is 6. The van der Waals surface area contributed by atoms with E-state index in [1.807, 2.05) is 94.1 Å². The second-order valence-electron chi connectivity index (χ2n) is 16.1. The molecule has 0 rings (SSSR count). The van der Waals surface area contributed by atoms with Crippen LogP contribution in [0.4, 0.5) is 0 Å². The molecule has 1 N–H and O–H groups in total. The minimum atomic E-state index is -0.889. The van der Waals surface area contributed by atoms with Gasteiger partial charge in [0, 0.05) is 19.3 Å². The van der Waals surface area contributed by atoms with Gasteiger partial charge in [-0.25, -0.2) is 4.79 Å². The highest BCUT2D eigenvalue weighted by molar-refractivity contribution is 5.72. The number of hydrogen-bond donors (Lipinski definition) is 1. The lowest BCUT2D eigenvalue weighted by Crippen LogP contribution is -2.50. The second-order valence-corrected chi connectivity index (χ2v) is 16.1. The van der Waals surface area contributed by atoms with E-state index < -0.39 is 18.1 Å². The number of ether oxygens (including phenoxy) is 3. The van der Waals surface area contributed by atoms with Gasteiger partial charge in [0.25, 0.3) is 0 Å². The highest BCUT2D eigenvalue weighted by atomic mass is 16.6. The van der Waals surface area contributed by atoms with Crippen LogP contribution < -0.4 is 0 Å².